The van der Waals surface area contributed by atoms with E-state index in [1.165, 1.54) is 7.11 Å². The van der Waals surface area contributed by atoms with Gasteiger partial charge in [0.2, 0.25) is 0 Å². The molecule has 1 aliphatic carbocycles. The average molecular weight is 410 g/mol. The first kappa shape index (κ1) is 18.1. The summed E-state index contributed by atoms with van der Waals surface area (Å²) in [5, 5.41) is 1.47. The number of hydrogen-bond donors (Lipinski definition) is 2. The van der Waals surface area contributed by atoms with E-state index in [4.69, 9.17) is 27.1 Å². The highest BCUT2D eigenvalue weighted by molar-refractivity contribution is 6.35. The Kier molecular flexibility index (Phi) is 4.11. The minimum absolute atomic E-state index is 0.141. The third-order valence-corrected chi connectivity index (χ3v) is 5.57. The van der Waals surface area contributed by atoms with Gasteiger partial charge >= 0.3 is 5.97 Å². The fraction of sp³-hybridized carbons (Fsp3) is 0.286. The van der Waals surface area contributed by atoms with Crippen LogP contribution in [0, 0.1) is 0 Å². The SMILES string of the molecule is COC(=O)c1cc(Cl)c2c(c1)nc(-c1cc3ccc([C@@H](C)N)nc3[nH]1)n2C1CC1. The van der Waals surface area contributed by atoms with Crippen LogP contribution in [0.3, 0.4) is 0 Å². The third-order valence-electron chi connectivity index (χ3n) is 5.28. The summed E-state index contributed by atoms with van der Waals surface area (Å²) in [5.41, 5.74) is 10.3. The van der Waals surface area contributed by atoms with E-state index < -0.39 is 5.97 Å². The summed E-state index contributed by atoms with van der Waals surface area (Å²) < 4.78 is 7.00. The van der Waals surface area contributed by atoms with Crippen LogP contribution in [-0.4, -0.2) is 32.6 Å². The van der Waals surface area contributed by atoms with Gasteiger partial charge in [-0.3, -0.25) is 0 Å². The van der Waals surface area contributed by atoms with Crippen molar-refractivity contribution in [1.29, 1.82) is 0 Å². The lowest BCUT2D eigenvalue weighted by molar-refractivity contribution is 0.0601. The fourth-order valence-corrected chi connectivity index (χ4v) is 4.00. The van der Waals surface area contributed by atoms with E-state index >= 15 is 0 Å². The standard InChI is InChI=1S/C21H20ClN5O2/c1-10(23)15-6-3-11-8-17(25-19(11)24-15)20-26-16-9-12(21(28)29-2)7-14(22)18(16)27(20)13-4-5-13/h3,6-10,13H,4-5,23H2,1-2H3,(H,24,25)/t10-/m1/s1. The number of aromatic nitrogens is 4. The molecule has 0 amide bonds. The molecule has 3 aromatic heterocycles. The number of rotatable bonds is 4. The molecule has 7 nitrogen and oxygen atoms in total. The molecular formula is C21H20ClN5O2. The summed E-state index contributed by atoms with van der Waals surface area (Å²) in [6.45, 7) is 1.91. The molecule has 1 saturated carbocycles. The zero-order chi connectivity index (χ0) is 20.3. The van der Waals surface area contributed by atoms with Crippen molar-refractivity contribution in [2.75, 3.05) is 7.11 Å². The molecule has 148 valence electrons. The molecule has 3 N–H and O–H groups in total. The number of halogens is 1. The number of carbonyl (C=O) groups is 1. The minimum Gasteiger partial charge on any atom is -0.465 e. The van der Waals surface area contributed by atoms with Crippen molar-refractivity contribution < 1.29 is 9.53 Å². The Balaban J connectivity index is 1.72. The summed E-state index contributed by atoms with van der Waals surface area (Å²) in [6, 6.07) is 9.55. The van der Waals surface area contributed by atoms with E-state index in [1.807, 2.05) is 25.1 Å². The topological polar surface area (TPSA) is 98.8 Å². The van der Waals surface area contributed by atoms with Gasteiger partial charge in [0.1, 0.15) is 5.65 Å². The van der Waals surface area contributed by atoms with Crippen molar-refractivity contribution in [3.05, 3.63) is 46.6 Å². The number of imidazole rings is 1. The van der Waals surface area contributed by atoms with Gasteiger partial charge in [-0.2, -0.15) is 0 Å². The van der Waals surface area contributed by atoms with E-state index in [0.717, 1.165) is 46.6 Å². The van der Waals surface area contributed by atoms with Gasteiger partial charge < -0.3 is 20.0 Å². The summed E-state index contributed by atoms with van der Waals surface area (Å²) >= 11 is 6.57. The Morgan fingerprint density at radius 3 is 2.79 bits per heavy atom. The fourth-order valence-electron chi connectivity index (χ4n) is 3.69. The smallest absolute Gasteiger partial charge is 0.337 e. The summed E-state index contributed by atoms with van der Waals surface area (Å²) in [5.74, 6) is 0.348. The number of ether oxygens (including phenoxy) is 1. The van der Waals surface area contributed by atoms with Crippen LogP contribution in [0.25, 0.3) is 33.6 Å². The second-order valence-electron chi connectivity index (χ2n) is 7.50. The number of aromatic amines is 1. The van der Waals surface area contributed by atoms with E-state index in [2.05, 4.69) is 14.5 Å². The minimum atomic E-state index is -0.436. The van der Waals surface area contributed by atoms with E-state index in [0.29, 0.717) is 22.1 Å². The zero-order valence-corrected chi connectivity index (χ0v) is 16.8. The number of hydrogen-bond acceptors (Lipinski definition) is 5. The molecule has 4 aromatic rings. The number of nitrogens with one attached hydrogen (secondary N) is 1. The molecule has 0 spiro atoms. The van der Waals surface area contributed by atoms with E-state index in [9.17, 15) is 4.79 Å². The lowest BCUT2D eigenvalue weighted by Crippen LogP contribution is -2.06. The van der Waals surface area contributed by atoms with E-state index in [1.54, 1.807) is 12.1 Å². The largest absolute Gasteiger partial charge is 0.465 e. The molecule has 0 aliphatic heterocycles. The van der Waals surface area contributed by atoms with Gasteiger partial charge in [0.05, 0.1) is 40.1 Å². The summed E-state index contributed by atoms with van der Waals surface area (Å²) in [6.07, 6.45) is 2.14. The van der Waals surface area contributed by atoms with Crippen molar-refractivity contribution in [2.45, 2.75) is 31.8 Å². The Morgan fingerprint density at radius 2 is 2.10 bits per heavy atom. The Hall–Kier alpha value is -2.90. The predicted molar refractivity (Wildman–Crippen MR) is 112 cm³/mol. The van der Waals surface area contributed by atoms with Crippen molar-refractivity contribution in [1.82, 2.24) is 19.5 Å². The average Bonchev–Trinajstić information content (AvgIpc) is 3.33. The summed E-state index contributed by atoms with van der Waals surface area (Å²) in [4.78, 5) is 24.8. The maximum absolute atomic E-state index is 12.0. The Morgan fingerprint density at radius 1 is 1.31 bits per heavy atom. The van der Waals surface area contributed by atoms with Gasteiger partial charge in [0, 0.05) is 17.5 Å². The van der Waals surface area contributed by atoms with E-state index in [-0.39, 0.29) is 6.04 Å². The molecule has 1 aromatic carbocycles. The highest BCUT2D eigenvalue weighted by atomic mass is 35.5. The summed E-state index contributed by atoms with van der Waals surface area (Å²) in [7, 11) is 1.35. The number of pyridine rings is 1. The number of methoxy groups -OCH3 is 1. The monoisotopic (exact) mass is 409 g/mol. The first-order valence-corrected chi connectivity index (χ1v) is 9.89. The van der Waals surface area contributed by atoms with Gasteiger partial charge in [-0.15, -0.1) is 0 Å². The van der Waals surface area contributed by atoms with Crippen molar-refractivity contribution in [3.63, 3.8) is 0 Å². The van der Waals surface area contributed by atoms with Gasteiger partial charge in [-0.1, -0.05) is 11.6 Å². The number of fused-ring (bicyclic) bond motifs is 2. The molecule has 0 unspecified atom stereocenters. The quantitative estimate of drug-likeness (QED) is 0.487. The molecule has 1 aliphatic rings. The molecule has 0 radical (unpaired) electrons. The van der Waals surface area contributed by atoms with Gasteiger partial charge in [0.25, 0.3) is 0 Å². The molecule has 1 atom stereocenters. The van der Waals surface area contributed by atoms with Crippen LogP contribution < -0.4 is 5.73 Å². The maximum Gasteiger partial charge on any atom is 0.337 e. The third kappa shape index (κ3) is 2.97. The number of nitrogens with two attached hydrogens (primary N) is 1. The molecule has 1 fully saturated rings. The number of H-pyrrole nitrogens is 1. The molecular weight excluding hydrogens is 390 g/mol. The molecule has 3 heterocycles. The van der Waals surface area contributed by atoms with Crippen molar-refractivity contribution >= 4 is 39.6 Å². The number of esters is 1. The molecule has 29 heavy (non-hydrogen) atoms. The van der Waals surface area contributed by atoms with Crippen LogP contribution in [0.4, 0.5) is 0 Å². The zero-order valence-electron chi connectivity index (χ0n) is 16.1. The van der Waals surface area contributed by atoms with Crippen LogP contribution in [-0.2, 0) is 4.74 Å². The number of nitrogens with zero attached hydrogens (tertiary/aromatic N) is 3. The van der Waals surface area contributed by atoms with Crippen molar-refractivity contribution in [2.24, 2.45) is 5.73 Å². The molecule has 5 rings (SSSR count). The molecule has 8 heteroatoms. The maximum atomic E-state index is 12.0. The lowest BCUT2D eigenvalue weighted by Gasteiger charge is -2.08. The lowest BCUT2D eigenvalue weighted by atomic mass is 10.2. The first-order valence-electron chi connectivity index (χ1n) is 9.51. The predicted octanol–water partition coefficient (Wildman–Crippen LogP) is 4.37. The first-order chi connectivity index (χ1) is 14.0. The van der Waals surface area contributed by atoms with Crippen LogP contribution in [0.5, 0.6) is 0 Å². The second kappa shape index (κ2) is 6.57. The highest BCUT2D eigenvalue weighted by Crippen LogP contribution is 2.43. The van der Waals surface area contributed by atoms with Crippen LogP contribution >= 0.6 is 11.6 Å². The normalized spacial score (nSPS) is 15.2. The Bertz CT molecular complexity index is 1270. The second-order valence-corrected chi connectivity index (χ2v) is 7.91. The Labute approximate surface area is 171 Å². The number of benzene rings is 1. The van der Waals surface area contributed by atoms with Crippen molar-refractivity contribution in [3.8, 4) is 11.5 Å². The highest BCUT2D eigenvalue weighted by Gasteiger charge is 2.31. The van der Waals surface area contributed by atoms with Gasteiger partial charge in [-0.05, 0) is 50.1 Å². The van der Waals surface area contributed by atoms with Gasteiger partial charge in [-0.25, -0.2) is 14.8 Å². The van der Waals surface area contributed by atoms with Crippen LogP contribution in [0.1, 0.15) is 47.9 Å². The molecule has 0 saturated heterocycles. The van der Waals surface area contributed by atoms with Gasteiger partial charge in [0.15, 0.2) is 5.82 Å². The number of carbonyl (C=O) groups excluding carboxylic acids is 1. The molecule has 0 bridgehead atoms. The van der Waals surface area contributed by atoms with Crippen LogP contribution in [0.15, 0.2) is 30.3 Å². The van der Waals surface area contributed by atoms with Crippen LogP contribution in [0.2, 0.25) is 5.02 Å².